The van der Waals surface area contributed by atoms with Gasteiger partial charge in [-0.1, -0.05) is 42.5 Å². The Labute approximate surface area is 96.1 Å². The average molecular weight is 212 g/mol. The third-order valence-electron chi connectivity index (χ3n) is 3.64. The summed E-state index contributed by atoms with van der Waals surface area (Å²) in [5.41, 5.74) is 4.36. The molecule has 0 bridgehead atoms. The van der Waals surface area contributed by atoms with Gasteiger partial charge in [0.05, 0.1) is 6.10 Å². The number of hydrogen-bond donors (Lipinski definition) is 1. The van der Waals surface area contributed by atoms with E-state index in [4.69, 9.17) is 0 Å². The van der Waals surface area contributed by atoms with Gasteiger partial charge in [-0.25, -0.2) is 0 Å². The summed E-state index contributed by atoms with van der Waals surface area (Å²) in [7, 11) is 0. The molecule has 82 valence electrons. The number of hydrogen-bond acceptors (Lipinski definition) is 1. The van der Waals surface area contributed by atoms with Crippen molar-refractivity contribution in [3.05, 3.63) is 59.2 Å². The smallest absolute Gasteiger partial charge is 0.0758 e. The normalized spacial score (nSPS) is 27.7. The second-order valence-electron chi connectivity index (χ2n) is 4.66. The first kappa shape index (κ1) is 9.86. The fourth-order valence-electron chi connectivity index (χ4n) is 2.79. The highest BCUT2D eigenvalue weighted by Crippen LogP contribution is 2.39. The Morgan fingerprint density at radius 3 is 2.88 bits per heavy atom. The van der Waals surface area contributed by atoms with E-state index in [1.807, 2.05) is 6.08 Å². The third kappa shape index (κ3) is 1.61. The van der Waals surface area contributed by atoms with Crippen LogP contribution in [-0.4, -0.2) is 11.2 Å². The molecule has 3 rings (SSSR count). The van der Waals surface area contributed by atoms with Crippen LogP contribution in [0, 0.1) is 0 Å². The highest BCUT2D eigenvalue weighted by molar-refractivity contribution is 5.44. The molecule has 0 fully saturated rings. The molecular formula is C15H16O. The number of aryl methyl sites for hydroxylation is 1. The first-order valence-electron chi connectivity index (χ1n) is 5.99. The van der Waals surface area contributed by atoms with Gasteiger partial charge in [0.1, 0.15) is 0 Å². The van der Waals surface area contributed by atoms with Crippen LogP contribution in [0.1, 0.15) is 29.9 Å². The molecule has 2 aliphatic rings. The van der Waals surface area contributed by atoms with Crippen molar-refractivity contribution < 1.29 is 5.11 Å². The van der Waals surface area contributed by atoms with Gasteiger partial charge in [0.25, 0.3) is 0 Å². The van der Waals surface area contributed by atoms with Crippen molar-refractivity contribution in [1.82, 2.24) is 0 Å². The summed E-state index contributed by atoms with van der Waals surface area (Å²) >= 11 is 0. The van der Waals surface area contributed by atoms with Crippen molar-refractivity contribution >= 4 is 0 Å². The molecule has 0 amide bonds. The topological polar surface area (TPSA) is 20.2 Å². The molecule has 1 nitrogen and oxygen atoms in total. The number of rotatable bonds is 1. The maximum Gasteiger partial charge on any atom is 0.0758 e. The van der Waals surface area contributed by atoms with Gasteiger partial charge in [0, 0.05) is 5.92 Å². The van der Waals surface area contributed by atoms with Crippen LogP contribution >= 0.6 is 0 Å². The van der Waals surface area contributed by atoms with E-state index < -0.39 is 0 Å². The molecule has 0 aromatic heterocycles. The van der Waals surface area contributed by atoms with Gasteiger partial charge in [0.15, 0.2) is 0 Å². The minimum Gasteiger partial charge on any atom is -0.389 e. The Morgan fingerprint density at radius 2 is 2.06 bits per heavy atom. The second-order valence-corrected chi connectivity index (χ2v) is 4.66. The third-order valence-corrected chi connectivity index (χ3v) is 3.64. The zero-order chi connectivity index (χ0) is 11.0. The maximum absolute atomic E-state index is 9.43. The lowest BCUT2D eigenvalue weighted by molar-refractivity contribution is 0.225. The number of aliphatic hydroxyl groups is 1. The van der Waals surface area contributed by atoms with Crippen molar-refractivity contribution in [2.45, 2.75) is 31.3 Å². The standard InChI is InChI=1S/C15H16O/c16-13-8-5-12(6-9-13)15-10-7-11-3-1-2-4-14(11)15/h1-6,8,13,15-16H,7,9-10H2. The van der Waals surface area contributed by atoms with E-state index in [2.05, 4.69) is 36.4 Å². The van der Waals surface area contributed by atoms with Crippen molar-refractivity contribution in [2.75, 3.05) is 0 Å². The van der Waals surface area contributed by atoms with Gasteiger partial charge < -0.3 is 5.11 Å². The Bertz CT molecular complexity index is 456. The summed E-state index contributed by atoms with van der Waals surface area (Å²) in [5, 5.41) is 9.43. The summed E-state index contributed by atoms with van der Waals surface area (Å²) in [6.07, 6.45) is 9.10. The number of aliphatic hydroxyl groups excluding tert-OH is 1. The molecule has 2 unspecified atom stereocenters. The molecule has 0 saturated carbocycles. The Balaban J connectivity index is 1.91. The number of allylic oxidation sites excluding steroid dienone is 2. The van der Waals surface area contributed by atoms with Crippen LogP contribution in [0.4, 0.5) is 0 Å². The van der Waals surface area contributed by atoms with Gasteiger partial charge in [-0.05, 0) is 36.0 Å². The molecule has 1 aromatic rings. The van der Waals surface area contributed by atoms with E-state index in [1.54, 1.807) is 0 Å². The predicted octanol–water partition coefficient (Wildman–Crippen LogP) is 2.96. The zero-order valence-electron chi connectivity index (χ0n) is 9.26. The molecule has 0 heterocycles. The van der Waals surface area contributed by atoms with Gasteiger partial charge in [0.2, 0.25) is 0 Å². The molecule has 0 aliphatic heterocycles. The lowest BCUT2D eigenvalue weighted by atomic mass is 9.89. The van der Waals surface area contributed by atoms with Crippen molar-refractivity contribution in [1.29, 1.82) is 0 Å². The van der Waals surface area contributed by atoms with Crippen molar-refractivity contribution in [2.24, 2.45) is 0 Å². The van der Waals surface area contributed by atoms with Gasteiger partial charge in [-0.2, -0.15) is 0 Å². The maximum atomic E-state index is 9.43. The monoisotopic (exact) mass is 212 g/mol. The van der Waals surface area contributed by atoms with Gasteiger partial charge in [-0.3, -0.25) is 0 Å². The molecular weight excluding hydrogens is 196 g/mol. The SMILES string of the molecule is OC1C=CC(C2CCc3ccccc32)=CC1. The minimum atomic E-state index is -0.277. The van der Waals surface area contributed by atoms with Crippen LogP contribution in [0.3, 0.4) is 0 Å². The van der Waals surface area contributed by atoms with Crippen LogP contribution in [-0.2, 0) is 6.42 Å². The first-order valence-corrected chi connectivity index (χ1v) is 5.99. The van der Waals surface area contributed by atoms with Crippen LogP contribution in [0.15, 0.2) is 48.1 Å². The molecule has 0 radical (unpaired) electrons. The van der Waals surface area contributed by atoms with Gasteiger partial charge >= 0.3 is 0 Å². The lowest BCUT2D eigenvalue weighted by Crippen LogP contribution is -2.07. The Morgan fingerprint density at radius 1 is 1.19 bits per heavy atom. The summed E-state index contributed by atoms with van der Waals surface area (Å²) < 4.78 is 0. The lowest BCUT2D eigenvalue weighted by Gasteiger charge is -2.17. The fourth-order valence-corrected chi connectivity index (χ4v) is 2.79. The van der Waals surface area contributed by atoms with E-state index in [9.17, 15) is 5.11 Å². The molecule has 1 aromatic carbocycles. The van der Waals surface area contributed by atoms with Gasteiger partial charge in [-0.15, -0.1) is 0 Å². The van der Waals surface area contributed by atoms with E-state index in [1.165, 1.54) is 29.5 Å². The minimum absolute atomic E-state index is 0.277. The molecule has 1 heteroatoms. The largest absolute Gasteiger partial charge is 0.389 e. The molecule has 0 spiro atoms. The summed E-state index contributed by atoms with van der Waals surface area (Å²) in [6.45, 7) is 0. The fraction of sp³-hybridized carbons (Fsp3) is 0.333. The quantitative estimate of drug-likeness (QED) is 0.758. The number of benzene rings is 1. The second kappa shape index (κ2) is 3.91. The summed E-state index contributed by atoms with van der Waals surface area (Å²) in [4.78, 5) is 0. The van der Waals surface area contributed by atoms with Crippen LogP contribution in [0.25, 0.3) is 0 Å². The highest BCUT2D eigenvalue weighted by atomic mass is 16.3. The average Bonchev–Trinajstić information content (AvgIpc) is 2.74. The highest BCUT2D eigenvalue weighted by Gasteiger charge is 2.24. The number of fused-ring (bicyclic) bond motifs is 1. The Hall–Kier alpha value is -1.34. The molecule has 0 saturated heterocycles. The van der Waals surface area contributed by atoms with E-state index in [-0.39, 0.29) is 6.10 Å². The summed E-state index contributed by atoms with van der Waals surface area (Å²) in [6, 6.07) is 8.72. The van der Waals surface area contributed by atoms with E-state index >= 15 is 0 Å². The Kier molecular flexibility index (Phi) is 2.41. The first-order chi connectivity index (χ1) is 7.84. The molecule has 2 atom stereocenters. The molecule has 1 N–H and O–H groups in total. The molecule has 2 aliphatic carbocycles. The molecule has 16 heavy (non-hydrogen) atoms. The zero-order valence-corrected chi connectivity index (χ0v) is 9.26. The van der Waals surface area contributed by atoms with Crippen molar-refractivity contribution in [3.8, 4) is 0 Å². The van der Waals surface area contributed by atoms with Crippen LogP contribution in [0.2, 0.25) is 0 Å². The van der Waals surface area contributed by atoms with E-state index in [0.29, 0.717) is 5.92 Å². The van der Waals surface area contributed by atoms with Crippen LogP contribution in [0.5, 0.6) is 0 Å². The predicted molar refractivity (Wildman–Crippen MR) is 65.4 cm³/mol. The van der Waals surface area contributed by atoms with Crippen molar-refractivity contribution in [3.63, 3.8) is 0 Å². The van der Waals surface area contributed by atoms with E-state index in [0.717, 1.165) is 6.42 Å². The van der Waals surface area contributed by atoms with Crippen LogP contribution < -0.4 is 0 Å². The summed E-state index contributed by atoms with van der Waals surface area (Å²) in [5.74, 6) is 0.556.